The van der Waals surface area contributed by atoms with Gasteiger partial charge in [0.05, 0.1) is 11.9 Å². The number of nitrogens with two attached hydrogens (primary N) is 2. The fourth-order valence-corrected chi connectivity index (χ4v) is 1.10. The predicted octanol–water partition coefficient (Wildman–Crippen LogP) is 0.340. The topological polar surface area (TPSA) is 94.0 Å². The maximum atomic E-state index is 10.6. The summed E-state index contributed by atoms with van der Waals surface area (Å²) in [5.74, 6) is 0.355. The van der Waals surface area contributed by atoms with Crippen molar-refractivity contribution in [2.45, 2.75) is 19.4 Å². The van der Waals surface area contributed by atoms with Crippen LogP contribution in [-0.4, -0.2) is 16.9 Å². The molecule has 0 aliphatic heterocycles. The lowest BCUT2D eigenvalue weighted by Gasteiger charge is -2.12. The summed E-state index contributed by atoms with van der Waals surface area (Å²) < 4.78 is 0. The lowest BCUT2D eigenvalue weighted by molar-refractivity contribution is -0.118. The minimum Gasteiger partial charge on any atom is -0.397 e. The summed E-state index contributed by atoms with van der Waals surface area (Å²) in [5.41, 5.74) is 11.1. The molecule has 0 saturated heterocycles. The Labute approximate surface area is 82.5 Å². The molecule has 0 radical (unpaired) electrons. The largest absolute Gasteiger partial charge is 0.397 e. The molecule has 0 saturated carbocycles. The van der Waals surface area contributed by atoms with Crippen molar-refractivity contribution in [3.8, 4) is 0 Å². The molecule has 0 aliphatic carbocycles. The highest BCUT2D eigenvalue weighted by atomic mass is 16.1. The molecule has 1 aromatic heterocycles. The number of nitrogen functional groups attached to an aromatic ring is 1. The van der Waals surface area contributed by atoms with E-state index in [0.29, 0.717) is 11.5 Å². The lowest BCUT2D eigenvalue weighted by Crippen LogP contribution is -2.24. The molecule has 1 rings (SSSR count). The van der Waals surface area contributed by atoms with Gasteiger partial charge in [-0.1, -0.05) is 0 Å². The number of nitrogens with zero attached hydrogens (tertiary/aromatic N) is 1. The van der Waals surface area contributed by atoms with Gasteiger partial charge in [-0.25, -0.2) is 4.98 Å². The third kappa shape index (κ3) is 3.30. The van der Waals surface area contributed by atoms with Crippen LogP contribution in [0.2, 0.25) is 0 Å². The average Bonchev–Trinajstić information content (AvgIpc) is 2.07. The fraction of sp³-hybridized carbons (Fsp3) is 0.333. The van der Waals surface area contributed by atoms with Crippen molar-refractivity contribution in [3.05, 3.63) is 18.3 Å². The minimum atomic E-state index is -0.333. The zero-order valence-corrected chi connectivity index (χ0v) is 8.03. The van der Waals surface area contributed by atoms with Crippen LogP contribution in [-0.2, 0) is 4.79 Å². The molecule has 1 unspecified atom stereocenters. The highest BCUT2D eigenvalue weighted by Gasteiger charge is 2.05. The Hall–Kier alpha value is -1.78. The smallest absolute Gasteiger partial charge is 0.219 e. The Kier molecular flexibility index (Phi) is 3.28. The van der Waals surface area contributed by atoms with E-state index in [-0.39, 0.29) is 18.4 Å². The molecular formula is C9H14N4O. The molecule has 0 fully saturated rings. The Bertz CT molecular complexity index is 309. The number of pyridine rings is 1. The Morgan fingerprint density at radius 3 is 2.86 bits per heavy atom. The number of hydrogen-bond donors (Lipinski definition) is 3. The van der Waals surface area contributed by atoms with Crippen LogP contribution in [0, 0.1) is 0 Å². The Balaban J connectivity index is 2.51. The van der Waals surface area contributed by atoms with E-state index in [1.165, 1.54) is 0 Å². The summed E-state index contributed by atoms with van der Waals surface area (Å²) in [6.45, 7) is 1.86. The molecule has 1 heterocycles. The molecule has 5 nitrogen and oxygen atoms in total. The van der Waals surface area contributed by atoms with Crippen molar-refractivity contribution in [1.82, 2.24) is 4.98 Å². The van der Waals surface area contributed by atoms with E-state index >= 15 is 0 Å². The quantitative estimate of drug-likeness (QED) is 0.644. The Morgan fingerprint density at radius 1 is 1.64 bits per heavy atom. The van der Waals surface area contributed by atoms with E-state index in [2.05, 4.69) is 10.3 Å². The third-order valence-electron chi connectivity index (χ3n) is 1.69. The monoisotopic (exact) mass is 194 g/mol. The van der Waals surface area contributed by atoms with E-state index < -0.39 is 0 Å². The summed E-state index contributed by atoms with van der Waals surface area (Å²) >= 11 is 0. The van der Waals surface area contributed by atoms with Crippen molar-refractivity contribution in [2.75, 3.05) is 11.1 Å². The van der Waals surface area contributed by atoms with Gasteiger partial charge in [-0.05, 0) is 19.1 Å². The van der Waals surface area contributed by atoms with Crippen LogP contribution < -0.4 is 16.8 Å². The minimum absolute atomic E-state index is 0.0244. The van der Waals surface area contributed by atoms with Gasteiger partial charge in [-0.15, -0.1) is 0 Å². The summed E-state index contributed by atoms with van der Waals surface area (Å²) in [6, 6.07) is 3.47. The van der Waals surface area contributed by atoms with Gasteiger partial charge in [0.2, 0.25) is 5.91 Å². The van der Waals surface area contributed by atoms with Crippen LogP contribution in [0.5, 0.6) is 0 Å². The van der Waals surface area contributed by atoms with Gasteiger partial charge >= 0.3 is 0 Å². The maximum Gasteiger partial charge on any atom is 0.219 e. The molecule has 5 N–H and O–H groups in total. The zero-order chi connectivity index (χ0) is 10.6. The normalized spacial score (nSPS) is 12.1. The van der Waals surface area contributed by atoms with E-state index in [1.54, 1.807) is 18.3 Å². The lowest BCUT2D eigenvalue weighted by atomic mass is 10.2. The molecular weight excluding hydrogens is 180 g/mol. The molecule has 0 spiro atoms. The van der Waals surface area contributed by atoms with Gasteiger partial charge in [0.1, 0.15) is 5.82 Å². The van der Waals surface area contributed by atoms with Gasteiger partial charge in [0, 0.05) is 12.5 Å². The van der Waals surface area contributed by atoms with Gasteiger partial charge in [-0.3, -0.25) is 4.79 Å². The van der Waals surface area contributed by atoms with Crippen LogP contribution in [0.3, 0.4) is 0 Å². The fourth-order valence-electron chi connectivity index (χ4n) is 1.10. The van der Waals surface area contributed by atoms with Crippen molar-refractivity contribution in [3.63, 3.8) is 0 Å². The number of amides is 1. The number of anilines is 2. The number of aromatic nitrogens is 1. The van der Waals surface area contributed by atoms with Crippen LogP contribution in [0.1, 0.15) is 13.3 Å². The predicted molar refractivity (Wildman–Crippen MR) is 55.5 cm³/mol. The molecule has 5 heteroatoms. The first-order valence-electron chi connectivity index (χ1n) is 4.34. The van der Waals surface area contributed by atoms with Gasteiger partial charge in [0.25, 0.3) is 0 Å². The van der Waals surface area contributed by atoms with Gasteiger partial charge in [0.15, 0.2) is 0 Å². The average molecular weight is 194 g/mol. The van der Waals surface area contributed by atoms with Crippen LogP contribution in [0.25, 0.3) is 0 Å². The molecule has 0 bridgehead atoms. The van der Waals surface area contributed by atoms with E-state index in [9.17, 15) is 4.79 Å². The first kappa shape index (κ1) is 10.3. The number of nitrogens with one attached hydrogen (secondary N) is 1. The second-order valence-corrected chi connectivity index (χ2v) is 3.19. The van der Waals surface area contributed by atoms with Crippen LogP contribution in [0.15, 0.2) is 18.3 Å². The molecule has 1 amide bonds. The summed E-state index contributed by atoms with van der Waals surface area (Å²) in [7, 11) is 0. The molecule has 0 aromatic carbocycles. The molecule has 14 heavy (non-hydrogen) atoms. The molecule has 0 aliphatic rings. The first-order chi connectivity index (χ1) is 6.58. The van der Waals surface area contributed by atoms with Crippen LogP contribution >= 0.6 is 0 Å². The number of carbonyl (C=O) groups is 1. The zero-order valence-electron chi connectivity index (χ0n) is 8.03. The van der Waals surface area contributed by atoms with Crippen LogP contribution in [0.4, 0.5) is 11.5 Å². The summed E-state index contributed by atoms with van der Waals surface area (Å²) in [6.07, 6.45) is 1.84. The molecule has 1 atom stereocenters. The highest BCUT2D eigenvalue weighted by Crippen LogP contribution is 2.08. The van der Waals surface area contributed by atoms with E-state index in [4.69, 9.17) is 11.5 Å². The number of hydrogen-bond acceptors (Lipinski definition) is 4. The van der Waals surface area contributed by atoms with Crippen molar-refractivity contribution >= 4 is 17.4 Å². The van der Waals surface area contributed by atoms with E-state index in [0.717, 1.165) is 0 Å². The standard InChI is InChI=1S/C9H14N4O/c1-6(4-8(11)14)13-9-3-2-7(10)5-12-9/h2-3,5-6H,4,10H2,1H3,(H2,11,14)(H,12,13). The second kappa shape index (κ2) is 4.45. The summed E-state index contributed by atoms with van der Waals surface area (Å²) in [4.78, 5) is 14.6. The summed E-state index contributed by atoms with van der Waals surface area (Å²) in [5, 5.41) is 3.03. The van der Waals surface area contributed by atoms with Crippen molar-refractivity contribution in [1.29, 1.82) is 0 Å². The van der Waals surface area contributed by atoms with Gasteiger partial charge in [-0.2, -0.15) is 0 Å². The Morgan fingerprint density at radius 2 is 2.36 bits per heavy atom. The number of primary amides is 1. The maximum absolute atomic E-state index is 10.6. The molecule has 1 aromatic rings. The first-order valence-corrected chi connectivity index (χ1v) is 4.34. The molecule has 76 valence electrons. The number of rotatable bonds is 4. The second-order valence-electron chi connectivity index (χ2n) is 3.19. The highest BCUT2D eigenvalue weighted by molar-refractivity contribution is 5.74. The number of carbonyl (C=O) groups excluding carboxylic acids is 1. The van der Waals surface area contributed by atoms with Gasteiger partial charge < -0.3 is 16.8 Å². The third-order valence-corrected chi connectivity index (χ3v) is 1.69. The van der Waals surface area contributed by atoms with Crippen molar-refractivity contribution < 1.29 is 4.79 Å². The van der Waals surface area contributed by atoms with Crippen molar-refractivity contribution in [2.24, 2.45) is 5.73 Å². The SMILES string of the molecule is CC(CC(N)=O)Nc1ccc(N)cn1. The van der Waals surface area contributed by atoms with E-state index in [1.807, 2.05) is 6.92 Å².